The number of amides is 2. The predicted molar refractivity (Wildman–Crippen MR) is 255 cm³/mol. The number of nitrogens with zero attached hydrogens (tertiary/aromatic N) is 2. The van der Waals surface area contributed by atoms with Gasteiger partial charge in [-0.3, -0.25) is 19.2 Å². The van der Waals surface area contributed by atoms with Crippen LogP contribution in [0.4, 0.5) is 37.7 Å². The van der Waals surface area contributed by atoms with Crippen molar-refractivity contribution >= 4 is 57.8 Å². The molecule has 10 nitrogen and oxygen atoms in total. The van der Waals surface area contributed by atoms with Crippen LogP contribution in [0.2, 0.25) is 0 Å². The smallest absolute Gasteiger partial charge is 0.426 e. The average Bonchev–Trinajstić information content (AvgIpc) is 4.16. The van der Waals surface area contributed by atoms with Crippen molar-refractivity contribution in [3.63, 3.8) is 0 Å². The molecule has 0 aliphatic carbocycles. The fourth-order valence-corrected chi connectivity index (χ4v) is 10.1. The molecule has 0 saturated carbocycles. The summed E-state index contributed by atoms with van der Waals surface area (Å²) in [6.07, 6.45) is -6.34. The molecular weight excluding hydrogens is 959 g/mol. The van der Waals surface area contributed by atoms with Gasteiger partial charge in [0.1, 0.15) is 34.5 Å². The van der Waals surface area contributed by atoms with Crippen LogP contribution >= 0.6 is 22.7 Å². The number of esters is 1. The molecule has 0 spiro atoms. The molecule has 0 saturated heterocycles. The van der Waals surface area contributed by atoms with Crippen molar-refractivity contribution in [1.29, 1.82) is 0 Å². The van der Waals surface area contributed by atoms with Crippen LogP contribution in [0.15, 0.2) is 109 Å². The van der Waals surface area contributed by atoms with E-state index in [1.807, 2.05) is 6.07 Å². The molecule has 0 bridgehead atoms. The lowest BCUT2D eigenvalue weighted by molar-refractivity contribution is -0.143. The van der Waals surface area contributed by atoms with Gasteiger partial charge < -0.3 is 29.1 Å². The molecule has 0 radical (unpaired) electrons. The first kappa shape index (κ1) is 51.2. The Balaban J connectivity index is 0.000000207. The summed E-state index contributed by atoms with van der Waals surface area (Å²) in [5, 5.41) is 8.73. The first-order valence-corrected chi connectivity index (χ1v) is 24.1. The molecule has 1 N–H and O–H groups in total. The molecule has 6 aromatic rings. The normalized spacial score (nSPS) is 13.0. The van der Waals surface area contributed by atoms with Crippen molar-refractivity contribution in [3.8, 4) is 33.8 Å². The number of carbonyl (C=O) groups is 4. The van der Waals surface area contributed by atoms with Gasteiger partial charge in [0.25, 0.3) is 0 Å². The number of thiophene rings is 2. The minimum atomic E-state index is -4.46. The second-order valence-corrected chi connectivity index (χ2v) is 18.6. The Morgan fingerprint density at radius 3 is 1.41 bits per heavy atom. The number of hydrogen-bond acceptors (Lipinski definition) is 9. The van der Waals surface area contributed by atoms with E-state index in [0.717, 1.165) is 22.5 Å². The molecule has 2 amide bonds. The highest BCUT2D eigenvalue weighted by Gasteiger charge is 2.38. The van der Waals surface area contributed by atoms with Gasteiger partial charge in [-0.25, -0.2) is 0 Å². The van der Waals surface area contributed by atoms with Gasteiger partial charge in [0.05, 0.1) is 6.61 Å². The molecular formula is C52H48F6N2O8S2. The number of carbonyl (C=O) groups excluding carboxylic acids is 3. The summed E-state index contributed by atoms with van der Waals surface area (Å²) >= 11 is 1.36. The Kier molecular flexibility index (Phi) is 16.7. The molecule has 70 heavy (non-hydrogen) atoms. The Bertz CT molecular complexity index is 2790. The number of fused-ring (bicyclic) bond motifs is 2. The van der Waals surface area contributed by atoms with Crippen LogP contribution in [-0.4, -0.2) is 48.6 Å². The van der Waals surface area contributed by atoms with Gasteiger partial charge in [-0.15, -0.1) is 22.7 Å². The molecule has 18 heteroatoms. The van der Waals surface area contributed by atoms with E-state index in [0.29, 0.717) is 94.0 Å². The first-order chi connectivity index (χ1) is 33.5. The fourth-order valence-electron chi connectivity index (χ4n) is 8.15. The minimum absolute atomic E-state index is 0.00278. The summed E-state index contributed by atoms with van der Waals surface area (Å²) in [5.41, 5.74) is 4.72. The van der Waals surface area contributed by atoms with Gasteiger partial charge in [0, 0.05) is 71.0 Å². The van der Waals surface area contributed by atoms with Crippen molar-refractivity contribution in [2.45, 2.75) is 83.9 Å². The lowest BCUT2D eigenvalue weighted by atomic mass is 10.1. The average molecular weight is 1010 g/mol. The molecule has 2 aromatic heterocycles. The molecule has 0 fully saturated rings. The fraction of sp³-hybridized carbons (Fsp3) is 0.308. The lowest BCUT2D eigenvalue weighted by Gasteiger charge is -2.17. The number of ether oxygens (including phenoxy) is 3. The quantitative estimate of drug-likeness (QED) is 0.0708. The first-order valence-electron chi connectivity index (χ1n) is 22.5. The molecule has 8 rings (SSSR count). The van der Waals surface area contributed by atoms with Crippen LogP contribution < -0.4 is 19.3 Å². The zero-order valence-electron chi connectivity index (χ0n) is 37.9. The maximum atomic E-state index is 13.6. The summed E-state index contributed by atoms with van der Waals surface area (Å²) in [6.45, 7) is 3.11. The van der Waals surface area contributed by atoms with Crippen molar-refractivity contribution in [2.75, 3.05) is 29.5 Å². The van der Waals surface area contributed by atoms with E-state index >= 15 is 0 Å². The predicted octanol–water partition coefficient (Wildman–Crippen LogP) is 12.8. The van der Waals surface area contributed by atoms with E-state index < -0.39 is 28.1 Å². The number of aliphatic carboxylic acids is 1. The third-order valence-electron chi connectivity index (χ3n) is 11.4. The Labute approximate surface area is 408 Å². The highest BCUT2D eigenvalue weighted by Crippen LogP contribution is 2.45. The van der Waals surface area contributed by atoms with Crippen molar-refractivity contribution in [3.05, 3.63) is 140 Å². The topological polar surface area (TPSA) is 123 Å². The SMILES string of the molecule is CCOC(=O)CCCC(=O)N1CCc2cc(OCc3cc(-c4ccccc4)c(C(F)(F)F)s3)ccc21.O=C(O)CCCC(=O)N1CCc2cc(OCc3cc(-c4ccccc4)c(C(F)(F)F)s3)ccc21. The summed E-state index contributed by atoms with van der Waals surface area (Å²) in [7, 11) is 0. The van der Waals surface area contributed by atoms with Crippen LogP contribution in [0.1, 0.15) is 76.1 Å². The molecule has 4 aromatic carbocycles. The van der Waals surface area contributed by atoms with E-state index in [-0.39, 0.29) is 74.2 Å². The maximum Gasteiger partial charge on any atom is 0.426 e. The van der Waals surface area contributed by atoms with Gasteiger partial charge >= 0.3 is 24.3 Å². The Morgan fingerprint density at radius 1 is 0.586 bits per heavy atom. The van der Waals surface area contributed by atoms with Gasteiger partial charge in [0.2, 0.25) is 11.8 Å². The van der Waals surface area contributed by atoms with Crippen LogP contribution in [0.3, 0.4) is 0 Å². The number of anilines is 2. The molecule has 2 aliphatic heterocycles. The minimum Gasteiger partial charge on any atom is -0.488 e. The maximum absolute atomic E-state index is 13.6. The number of halogens is 6. The number of alkyl halides is 6. The number of benzene rings is 4. The van der Waals surface area contributed by atoms with Crippen LogP contribution in [-0.2, 0) is 62.3 Å². The molecule has 0 atom stereocenters. The third-order valence-corrected chi connectivity index (χ3v) is 13.7. The number of carboxylic acids is 1. The monoisotopic (exact) mass is 1010 g/mol. The number of carboxylic acid groups (broad SMARTS) is 1. The molecule has 368 valence electrons. The van der Waals surface area contributed by atoms with Crippen LogP contribution in [0, 0.1) is 0 Å². The Hall–Kier alpha value is -6.66. The van der Waals surface area contributed by atoms with Gasteiger partial charge in [-0.1, -0.05) is 60.7 Å². The summed E-state index contributed by atoms with van der Waals surface area (Å²) in [6, 6.07) is 30.6. The van der Waals surface area contributed by atoms with E-state index in [1.165, 1.54) is 12.1 Å². The van der Waals surface area contributed by atoms with E-state index in [1.54, 1.807) is 108 Å². The van der Waals surface area contributed by atoms with Gasteiger partial charge in [-0.05, 0) is 103 Å². The van der Waals surface area contributed by atoms with Crippen molar-refractivity contribution in [2.24, 2.45) is 0 Å². The second-order valence-electron chi connectivity index (χ2n) is 16.3. The number of rotatable bonds is 17. The van der Waals surface area contributed by atoms with Crippen molar-refractivity contribution in [1.82, 2.24) is 0 Å². The van der Waals surface area contributed by atoms with E-state index in [9.17, 15) is 45.5 Å². The van der Waals surface area contributed by atoms with Gasteiger partial charge in [-0.2, -0.15) is 26.3 Å². The Morgan fingerprint density at radius 2 is 1.01 bits per heavy atom. The van der Waals surface area contributed by atoms with E-state index in [2.05, 4.69) is 0 Å². The van der Waals surface area contributed by atoms with Crippen molar-refractivity contribution < 1.29 is 64.8 Å². The highest BCUT2D eigenvalue weighted by atomic mass is 32.1. The highest BCUT2D eigenvalue weighted by molar-refractivity contribution is 7.13. The summed E-state index contributed by atoms with van der Waals surface area (Å²) < 4.78 is 98.2. The summed E-state index contributed by atoms with van der Waals surface area (Å²) in [5.74, 6) is -0.368. The molecule has 2 aliphatic rings. The zero-order valence-corrected chi connectivity index (χ0v) is 39.5. The summed E-state index contributed by atoms with van der Waals surface area (Å²) in [4.78, 5) is 50.2. The van der Waals surface area contributed by atoms with Crippen LogP contribution in [0.25, 0.3) is 22.3 Å². The lowest BCUT2D eigenvalue weighted by Crippen LogP contribution is -2.28. The molecule has 4 heterocycles. The number of hydrogen-bond donors (Lipinski definition) is 1. The molecule has 0 unspecified atom stereocenters. The third kappa shape index (κ3) is 13.1. The standard InChI is InChI=1S/C27H26F3NO4S.C25H22F3NO4S/c1-2-34-25(33)10-6-9-24(32)31-14-13-19-15-20(11-12-23(19)31)35-17-21-16-22(18-7-4-3-5-8-18)26(36-21)27(28,29)30;26-25(27,28)24-20(16-5-2-1-3-6-16)14-19(34-24)15-33-18-9-10-21-17(13-18)11-12-29(21)22(30)7-4-8-23(31)32/h3-5,7-8,11-12,15-16H,2,6,9-10,13-14,17H2,1H3;1-3,5-6,9-10,13-14H,4,7-8,11-12,15H2,(H,31,32). The van der Waals surface area contributed by atoms with Crippen LogP contribution in [0.5, 0.6) is 11.5 Å². The second kappa shape index (κ2) is 22.8. The zero-order chi connectivity index (χ0) is 50.0. The largest absolute Gasteiger partial charge is 0.488 e. The van der Waals surface area contributed by atoms with Gasteiger partial charge in [0.15, 0.2) is 0 Å². The van der Waals surface area contributed by atoms with E-state index in [4.69, 9.17) is 19.3 Å².